The molecule has 5 heteroatoms. The van der Waals surface area contributed by atoms with Gasteiger partial charge in [-0.05, 0) is 31.5 Å². The van der Waals surface area contributed by atoms with Crippen LogP contribution in [0.15, 0.2) is 18.2 Å². The molecule has 0 radical (unpaired) electrons. The number of anilines is 1. The second-order valence-electron chi connectivity index (χ2n) is 3.87. The number of rotatable bonds is 5. The maximum atomic E-state index is 11.5. The van der Waals surface area contributed by atoms with E-state index in [0.717, 1.165) is 5.56 Å². The van der Waals surface area contributed by atoms with Crippen LogP contribution in [0.4, 0.5) is 5.69 Å². The number of benzene rings is 1. The molecule has 5 nitrogen and oxygen atoms in total. The molecule has 0 aromatic heterocycles. The van der Waals surface area contributed by atoms with Crippen molar-refractivity contribution in [2.75, 3.05) is 11.9 Å². The third-order valence-corrected chi connectivity index (χ3v) is 2.29. The summed E-state index contributed by atoms with van der Waals surface area (Å²) in [5.41, 5.74) is 1.24. The van der Waals surface area contributed by atoms with Crippen LogP contribution in [0.5, 0.6) is 5.75 Å². The summed E-state index contributed by atoms with van der Waals surface area (Å²) in [4.78, 5) is 22.6. The van der Waals surface area contributed by atoms with Gasteiger partial charge < -0.3 is 15.2 Å². The number of aryl methyl sites for hydroxylation is 1. The lowest BCUT2D eigenvalue weighted by atomic mass is 10.2. The van der Waals surface area contributed by atoms with E-state index in [9.17, 15) is 14.7 Å². The number of carbonyl (C=O) groups is 2. The number of phenolic OH excluding ortho intramolecular Hbond substituents is 1. The molecule has 0 fully saturated rings. The first-order valence-electron chi connectivity index (χ1n) is 5.78. The second-order valence-corrected chi connectivity index (χ2v) is 3.87. The van der Waals surface area contributed by atoms with Gasteiger partial charge in [-0.2, -0.15) is 0 Å². The number of phenols is 1. The topological polar surface area (TPSA) is 75.6 Å². The van der Waals surface area contributed by atoms with E-state index < -0.39 is 5.97 Å². The maximum Gasteiger partial charge on any atom is 0.306 e. The van der Waals surface area contributed by atoms with Gasteiger partial charge in [0.1, 0.15) is 5.75 Å². The van der Waals surface area contributed by atoms with Crippen LogP contribution >= 0.6 is 0 Å². The van der Waals surface area contributed by atoms with Crippen molar-refractivity contribution in [3.05, 3.63) is 23.8 Å². The summed E-state index contributed by atoms with van der Waals surface area (Å²) in [5.74, 6) is -0.720. The van der Waals surface area contributed by atoms with Crippen LogP contribution in [0.1, 0.15) is 25.3 Å². The highest BCUT2D eigenvalue weighted by atomic mass is 16.5. The molecule has 0 spiro atoms. The van der Waals surface area contributed by atoms with Gasteiger partial charge in [0, 0.05) is 6.42 Å². The minimum atomic E-state index is -0.402. The van der Waals surface area contributed by atoms with E-state index in [-0.39, 0.29) is 24.5 Å². The molecular weight excluding hydrogens is 234 g/mol. The second kappa shape index (κ2) is 6.64. The first-order valence-corrected chi connectivity index (χ1v) is 5.78. The molecule has 1 rings (SSSR count). The Labute approximate surface area is 106 Å². The molecule has 0 unspecified atom stereocenters. The van der Waals surface area contributed by atoms with E-state index >= 15 is 0 Å². The summed E-state index contributed by atoms with van der Waals surface area (Å²) in [6.45, 7) is 3.85. The molecule has 18 heavy (non-hydrogen) atoms. The number of esters is 1. The van der Waals surface area contributed by atoms with Gasteiger partial charge in [0.05, 0.1) is 18.7 Å². The molecular formula is C13H17NO4. The monoisotopic (exact) mass is 251 g/mol. The lowest BCUT2D eigenvalue weighted by Gasteiger charge is -2.07. The maximum absolute atomic E-state index is 11.5. The minimum absolute atomic E-state index is 0.0134. The molecule has 1 aromatic rings. The Bertz CT molecular complexity index is 443. The van der Waals surface area contributed by atoms with Gasteiger partial charge in [0.2, 0.25) is 5.91 Å². The Morgan fingerprint density at radius 1 is 1.33 bits per heavy atom. The molecule has 0 bridgehead atoms. The van der Waals surface area contributed by atoms with Crippen LogP contribution in [0.25, 0.3) is 0 Å². The van der Waals surface area contributed by atoms with Crippen LogP contribution < -0.4 is 5.32 Å². The van der Waals surface area contributed by atoms with E-state index in [1.165, 1.54) is 0 Å². The van der Waals surface area contributed by atoms with Gasteiger partial charge in [-0.25, -0.2) is 0 Å². The molecule has 0 aliphatic rings. The number of nitrogens with one attached hydrogen (secondary N) is 1. The number of amides is 1. The zero-order chi connectivity index (χ0) is 13.5. The van der Waals surface area contributed by atoms with Gasteiger partial charge in [-0.3, -0.25) is 9.59 Å². The minimum Gasteiger partial charge on any atom is -0.506 e. The van der Waals surface area contributed by atoms with Gasteiger partial charge in [-0.1, -0.05) is 6.07 Å². The Hall–Kier alpha value is -2.04. The van der Waals surface area contributed by atoms with Crippen molar-refractivity contribution in [1.82, 2.24) is 0 Å². The number of hydrogen-bond donors (Lipinski definition) is 2. The molecule has 0 atom stereocenters. The first-order chi connectivity index (χ1) is 8.52. The van der Waals surface area contributed by atoms with Crippen molar-refractivity contribution in [2.45, 2.75) is 26.7 Å². The molecule has 2 N–H and O–H groups in total. The average molecular weight is 251 g/mol. The predicted molar refractivity (Wildman–Crippen MR) is 67.3 cm³/mol. The van der Waals surface area contributed by atoms with Crippen molar-refractivity contribution < 1.29 is 19.4 Å². The summed E-state index contributed by atoms with van der Waals surface area (Å²) in [6, 6.07) is 4.95. The molecule has 1 amide bonds. The van der Waals surface area contributed by atoms with Crippen molar-refractivity contribution in [1.29, 1.82) is 0 Å². The van der Waals surface area contributed by atoms with Crippen molar-refractivity contribution in [3.8, 4) is 5.75 Å². The summed E-state index contributed by atoms with van der Waals surface area (Å²) < 4.78 is 4.71. The first kappa shape index (κ1) is 14.0. The molecule has 1 aromatic carbocycles. The van der Waals surface area contributed by atoms with Crippen LogP contribution in [0.3, 0.4) is 0 Å². The van der Waals surface area contributed by atoms with Crippen LogP contribution in [-0.4, -0.2) is 23.6 Å². The van der Waals surface area contributed by atoms with Crippen molar-refractivity contribution >= 4 is 17.6 Å². The zero-order valence-corrected chi connectivity index (χ0v) is 10.5. The quantitative estimate of drug-likeness (QED) is 0.619. The third kappa shape index (κ3) is 4.45. The number of carbonyl (C=O) groups excluding carboxylic acids is 2. The van der Waals surface area contributed by atoms with Gasteiger partial charge in [0.25, 0.3) is 0 Å². The van der Waals surface area contributed by atoms with Crippen LogP contribution in [-0.2, 0) is 14.3 Å². The lowest BCUT2D eigenvalue weighted by molar-refractivity contribution is -0.144. The fourth-order valence-electron chi connectivity index (χ4n) is 1.41. The predicted octanol–water partition coefficient (Wildman–Crippen LogP) is 1.98. The van der Waals surface area contributed by atoms with E-state index in [2.05, 4.69) is 5.32 Å². The van der Waals surface area contributed by atoms with Crippen LogP contribution in [0.2, 0.25) is 0 Å². The summed E-state index contributed by atoms with van der Waals surface area (Å²) in [6.07, 6.45) is 0.0679. The van der Waals surface area contributed by atoms with Gasteiger partial charge >= 0.3 is 5.97 Å². The Kier molecular flexibility index (Phi) is 5.17. The fourth-order valence-corrected chi connectivity index (χ4v) is 1.41. The van der Waals surface area contributed by atoms with Crippen molar-refractivity contribution in [3.63, 3.8) is 0 Å². The molecule has 0 saturated carbocycles. The molecule has 0 saturated heterocycles. The lowest BCUT2D eigenvalue weighted by Crippen LogP contribution is -2.14. The smallest absolute Gasteiger partial charge is 0.306 e. The number of aromatic hydroxyl groups is 1. The number of ether oxygens (including phenoxy) is 1. The molecule has 98 valence electrons. The molecule has 0 aliphatic heterocycles. The van der Waals surface area contributed by atoms with E-state index in [4.69, 9.17) is 4.74 Å². The SMILES string of the molecule is CCOC(=O)CCC(=O)Nc1ccc(C)cc1O. The Morgan fingerprint density at radius 2 is 2.06 bits per heavy atom. The highest BCUT2D eigenvalue weighted by Crippen LogP contribution is 2.23. The molecule has 0 heterocycles. The third-order valence-electron chi connectivity index (χ3n) is 2.29. The van der Waals surface area contributed by atoms with Crippen LogP contribution in [0, 0.1) is 6.92 Å². The summed E-state index contributed by atoms with van der Waals surface area (Å²) >= 11 is 0. The Morgan fingerprint density at radius 3 is 2.67 bits per heavy atom. The fraction of sp³-hybridized carbons (Fsp3) is 0.385. The Balaban J connectivity index is 2.47. The average Bonchev–Trinajstić information content (AvgIpc) is 2.31. The van der Waals surface area contributed by atoms with Crippen molar-refractivity contribution in [2.24, 2.45) is 0 Å². The van der Waals surface area contributed by atoms with Gasteiger partial charge in [-0.15, -0.1) is 0 Å². The van der Waals surface area contributed by atoms with E-state index in [0.29, 0.717) is 12.3 Å². The normalized spacial score (nSPS) is 9.89. The molecule has 0 aliphatic carbocycles. The highest BCUT2D eigenvalue weighted by Gasteiger charge is 2.09. The summed E-state index contributed by atoms with van der Waals surface area (Å²) in [7, 11) is 0. The standard InChI is InChI=1S/C13H17NO4/c1-3-18-13(17)7-6-12(16)14-10-5-4-9(2)8-11(10)15/h4-5,8,15H,3,6-7H2,1-2H3,(H,14,16). The summed E-state index contributed by atoms with van der Waals surface area (Å²) in [5, 5.41) is 12.1. The van der Waals surface area contributed by atoms with E-state index in [1.54, 1.807) is 25.1 Å². The zero-order valence-electron chi connectivity index (χ0n) is 10.5. The van der Waals surface area contributed by atoms with E-state index in [1.807, 2.05) is 6.92 Å². The number of hydrogen-bond acceptors (Lipinski definition) is 4. The highest BCUT2D eigenvalue weighted by molar-refractivity contribution is 5.93. The van der Waals surface area contributed by atoms with Gasteiger partial charge in [0.15, 0.2) is 0 Å². The largest absolute Gasteiger partial charge is 0.506 e.